The number of carbonyl (C=O) groups excluding carboxylic acids is 1. The summed E-state index contributed by atoms with van der Waals surface area (Å²) in [5.74, 6) is 0.410. The van der Waals surface area contributed by atoms with E-state index in [4.69, 9.17) is 0 Å². The molecule has 3 aromatic rings. The molecule has 3 rings (SSSR count). The lowest BCUT2D eigenvalue weighted by molar-refractivity contribution is -0.117. The zero-order valence-corrected chi connectivity index (χ0v) is 17.7. The maximum absolute atomic E-state index is 12.9. The fraction of sp³-hybridized carbons (Fsp3) is 0.318. The van der Waals surface area contributed by atoms with E-state index in [-0.39, 0.29) is 5.91 Å². The number of nitrogens with one attached hydrogen (secondary N) is 1. The normalized spacial score (nSPS) is 11.3. The third kappa shape index (κ3) is 5.51. The highest BCUT2D eigenvalue weighted by molar-refractivity contribution is 7.10. The number of hydrogen-bond donors (Lipinski definition) is 1. The van der Waals surface area contributed by atoms with Crippen molar-refractivity contribution in [3.05, 3.63) is 74.1 Å². The number of carbonyl (C=O) groups is 1. The van der Waals surface area contributed by atoms with Gasteiger partial charge in [0.1, 0.15) is 0 Å². The third-order valence-electron chi connectivity index (χ3n) is 4.48. The molecule has 0 atom stereocenters. The first kappa shape index (κ1) is 19.8. The van der Waals surface area contributed by atoms with Crippen LogP contribution in [-0.4, -0.2) is 17.4 Å². The van der Waals surface area contributed by atoms with E-state index >= 15 is 0 Å². The van der Waals surface area contributed by atoms with Gasteiger partial charge in [-0.15, -0.1) is 22.7 Å². The molecule has 0 saturated heterocycles. The largest absolute Gasteiger partial charge is 0.324 e. The molecule has 1 amide bonds. The number of amides is 1. The highest BCUT2D eigenvalue weighted by atomic mass is 32.1. The van der Waals surface area contributed by atoms with Crippen molar-refractivity contribution in [2.24, 2.45) is 0 Å². The van der Waals surface area contributed by atoms with Crippen molar-refractivity contribution >= 4 is 34.3 Å². The predicted molar refractivity (Wildman–Crippen MR) is 117 cm³/mol. The number of nitrogens with zero attached hydrogens (tertiary/aromatic N) is 1. The molecule has 27 heavy (non-hydrogen) atoms. The number of benzene rings is 1. The van der Waals surface area contributed by atoms with Gasteiger partial charge in [-0.05, 0) is 46.9 Å². The molecule has 0 bridgehead atoms. The summed E-state index contributed by atoms with van der Waals surface area (Å²) >= 11 is 3.47. The summed E-state index contributed by atoms with van der Waals surface area (Å²) in [4.78, 5) is 17.6. The minimum Gasteiger partial charge on any atom is -0.324 e. The van der Waals surface area contributed by atoms with Crippen molar-refractivity contribution in [3.8, 4) is 0 Å². The van der Waals surface area contributed by atoms with Gasteiger partial charge in [0, 0.05) is 28.5 Å². The van der Waals surface area contributed by atoms with Crippen molar-refractivity contribution in [1.82, 2.24) is 4.90 Å². The molecule has 0 aliphatic rings. The van der Waals surface area contributed by atoms with Gasteiger partial charge >= 0.3 is 0 Å². The van der Waals surface area contributed by atoms with Crippen LogP contribution in [0.25, 0.3) is 0 Å². The van der Waals surface area contributed by atoms with Crippen LogP contribution in [0.15, 0.2) is 53.2 Å². The molecule has 1 aromatic carbocycles. The van der Waals surface area contributed by atoms with Gasteiger partial charge in [-0.3, -0.25) is 9.69 Å². The standard InChI is InChI=1S/C22H26N2OS2/c1-16(2)20-10-4-7-17(3)22(20)23-21(25)15-24(13-18-8-5-11-26-18)14-19-9-6-12-27-19/h4-12,16H,13-15H2,1-3H3,(H,23,25). The Kier molecular flexibility index (Phi) is 6.83. The molecule has 0 aliphatic heterocycles. The molecule has 0 saturated carbocycles. The summed E-state index contributed by atoms with van der Waals surface area (Å²) in [7, 11) is 0. The SMILES string of the molecule is Cc1cccc(C(C)C)c1NC(=O)CN(Cc1cccs1)Cc1cccs1. The Balaban J connectivity index is 1.72. The highest BCUT2D eigenvalue weighted by Crippen LogP contribution is 2.27. The van der Waals surface area contributed by atoms with Crippen LogP contribution in [0.1, 0.15) is 40.6 Å². The molecule has 0 unspecified atom stereocenters. The fourth-order valence-corrected chi connectivity index (χ4v) is 4.63. The smallest absolute Gasteiger partial charge is 0.238 e. The van der Waals surface area contributed by atoms with Gasteiger partial charge in [0.05, 0.1) is 6.54 Å². The fourth-order valence-electron chi connectivity index (χ4n) is 3.14. The van der Waals surface area contributed by atoms with Crippen LogP contribution in [-0.2, 0) is 17.9 Å². The van der Waals surface area contributed by atoms with Gasteiger partial charge in [0.15, 0.2) is 0 Å². The summed E-state index contributed by atoms with van der Waals surface area (Å²) in [5.41, 5.74) is 3.26. The first-order chi connectivity index (χ1) is 13.0. The van der Waals surface area contributed by atoms with Crippen LogP contribution >= 0.6 is 22.7 Å². The van der Waals surface area contributed by atoms with Gasteiger partial charge in [0.2, 0.25) is 5.91 Å². The van der Waals surface area contributed by atoms with Crippen molar-refractivity contribution in [1.29, 1.82) is 0 Å². The molecular formula is C22H26N2OS2. The van der Waals surface area contributed by atoms with E-state index in [9.17, 15) is 4.79 Å². The van der Waals surface area contributed by atoms with Crippen LogP contribution in [0.2, 0.25) is 0 Å². The number of para-hydroxylation sites is 1. The van der Waals surface area contributed by atoms with Crippen LogP contribution in [0, 0.1) is 6.92 Å². The van der Waals surface area contributed by atoms with Crippen molar-refractivity contribution in [2.75, 3.05) is 11.9 Å². The Morgan fingerprint density at radius 1 is 1.00 bits per heavy atom. The predicted octanol–water partition coefficient (Wildman–Crippen LogP) is 5.88. The molecule has 142 valence electrons. The Labute approximate surface area is 169 Å². The second-order valence-electron chi connectivity index (χ2n) is 7.05. The zero-order valence-electron chi connectivity index (χ0n) is 16.1. The summed E-state index contributed by atoms with van der Waals surface area (Å²) < 4.78 is 0. The van der Waals surface area contributed by atoms with Crippen molar-refractivity contribution in [3.63, 3.8) is 0 Å². The van der Waals surface area contributed by atoms with Gasteiger partial charge in [-0.2, -0.15) is 0 Å². The highest BCUT2D eigenvalue weighted by Gasteiger charge is 2.16. The molecule has 0 aliphatic carbocycles. The lowest BCUT2D eigenvalue weighted by atomic mass is 9.98. The van der Waals surface area contributed by atoms with Crippen molar-refractivity contribution in [2.45, 2.75) is 39.8 Å². The van der Waals surface area contributed by atoms with Crippen LogP contribution < -0.4 is 5.32 Å². The Morgan fingerprint density at radius 2 is 1.63 bits per heavy atom. The van der Waals surface area contributed by atoms with E-state index < -0.39 is 0 Å². The molecule has 5 heteroatoms. The number of rotatable bonds is 8. The van der Waals surface area contributed by atoms with E-state index in [1.54, 1.807) is 22.7 Å². The minimum atomic E-state index is 0.0410. The molecule has 0 radical (unpaired) electrons. The molecule has 2 heterocycles. The van der Waals surface area contributed by atoms with Gasteiger partial charge < -0.3 is 5.32 Å². The first-order valence-corrected chi connectivity index (χ1v) is 11.0. The van der Waals surface area contributed by atoms with Crippen LogP contribution in [0.3, 0.4) is 0 Å². The minimum absolute atomic E-state index is 0.0410. The van der Waals surface area contributed by atoms with E-state index in [1.165, 1.54) is 15.3 Å². The second-order valence-corrected chi connectivity index (χ2v) is 9.11. The maximum Gasteiger partial charge on any atom is 0.238 e. The average molecular weight is 399 g/mol. The van der Waals surface area contributed by atoms with Gasteiger partial charge in [-0.25, -0.2) is 0 Å². The van der Waals surface area contributed by atoms with E-state index in [0.29, 0.717) is 12.5 Å². The summed E-state index contributed by atoms with van der Waals surface area (Å²) in [6.45, 7) is 8.31. The maximum atomic E-state index is 12.9. The number of thiophene rings is 2. The number of anilines is 1. The Hall–Kier alpha value is -1.95. The molecule has 0 spiro atoms. The topological polar surface area (TPSA) is 32.3 Å². The van der Waals surface area contributed by atoms with E-state index in [2.05, 4.69) is 84.2 Å². The van der Waals surface area contributed by atoms with Gasteiger partial charge in [-0.1, -0.05) is 44.2 Å². The van der Waals surface area contributed by atoms with Crippen LogP contribution in [0.4, 0.5) is 5.69 Å². The molecule has 1 N–H and O–H groups in total. The summed E-state index contributed by atoms with van der Waals surface area (Å²) in [6, 6.07) is 14.6. The van der Waals surface area contributed by atoms with Crippen molar-refractivity contribution < 1.29 is 4.79 Å². The third-order valence-corrected chi connectivity index (χ3v) is 6.20. The number of hydrogen-bond acceptors (Lipinski definition) is 4. The molecular weight excluding hydrogens is 372 g/mol. The monoisotopic (exact) mass is 398 g/mol. The van der Waals surface area contributed by atoms with E-state index in [1.807, 2.05) is 0 Å². The summed E-state index contributed by atoms with van der Waals surface area (Å²) in [5, 5.41) is 7.34. The number of aryl methyl sites for hydroxylation is 1. The molecule has 0 fully saturated rings. The second kappa shape index (κ2) is 9.31. The van der Waals surface area contributed by atoms with Gasteiger partial charge in [0.25, 0.3) is 0 Å². The lowest BCUT2D eigenvalue weighted by Gasteiger charge is -2.22. The summed E-state index contributed by atoms with van der Waals surface area (Å²) in [6.07, 6.45) is 0. The Morgan fingerprint density at radius 3 is 2.15 bits per heavy atom. The van der Waals surface area contributed by atoms with E-state index in [0.717, 1.165) is 24.3 Å². The molecule has 2 aromatic heterocycles. The quantitative estimate of drug-likeness (QED) is 0.514. The van der Waals surface area contributed by atoms with Crippen LogP contribution in [0.5, 0.6) is 0 Å². The molecule has 3 nitrogen and oxygen atoms in total. The lowest BCUT2D eigenvalue weighted by Crippen LogP contribution is -2.32. The average Bonchev–Trinajstić information content (AvgIpc) is 3.30. The first-order valence-electron chi connectivity index (χ1n) is 9.19. The Bertz CT molecular complexity index is 818. The zero-order chi connectivity index (χ0) is 19.2.